The largest absolute Gasteiger partial charge is 0.481 e. The van der Waals surface area contributed by atoms with Crippen LogP contribution in [0, 0.1) is 0 Å². The Balaban J connectivity index is 2.13. The summed E-state index contributed by atoms with van der Waals surface area (Å²) in [5.74, 6) is -0.504. The lowest BCUT2D eigenvalue weighted by Crippen LogP contribution is -2.13. The summed E-state index contributed by atoms with van der Waals surface area (Å²) >= 11 is 0. The average Bonchev–Trinajstić information content (AvgIpc) is 3.09. The van der Waals surface area contributed by atoms with Crippen LogP contribution in [0.3, 0.4) is 0 Å². The van der Waals surface area contributed by atoms with Gasteiger partial charge in [-0.25, -0.2) is 9.59 Å². The second-order valence-corrected chi connectivity index (χ2v) is 6.32. The van der Waals surface area contributed by atoms with E-state index in [0.29, 0.717) is 17.9 Å². The maximum atomic E-state index is 12.2. The van der Waals surface area contributed by atoms with Gasteiger partial charge in [-0.15, -0.1) is 0 Å². The van der Waals surface area contributed by atoms with Crippen LogP contribution in [0.15, 0.2) is 48.5 Å². The number of hydrogen-bond donors (Lipinski definition) is 0. The SMILES string of the molecule is CCc1cc2c(OCC(=O)OC)cc(C(=O)OC)cc2n1Cc1ccccc1. The molecule has 2 aromatic carbocycles. The van der Waals surface area contributed by atoms with Crippen LogP contribution < -0.4 is 4.74 Å². The molecule has 0 fully saturated rings. The number of methoxy groups -OCH3 is 2. The molecule has 0 radical (unpaired) electrons. The third kappa shape index (κ3) is 4.01. The van der Waals surface area contributed by atoms with Crippen molar-refractivity contribution in [2.45, 2.75) is 19.9 Å². The van der Waals surface area contributed by atoms with Gasteiger partial charge >= 0.3 is 11.9 Å². The number of aryl methyl sites for hydroxylation is 1. The maximum Gasteiger partial charge on any atom is 0.343 e. The Hall–Kier alpha value is -3.28. The van der Waals surface area contributed by atoms with Crippen molar-refractivity contribution in [2.24, 2.45) is 0 Å². The molecule has 6 nitrogen and oxygen atoms in total. The fourth-order valence-corrected chi connectivity index (χ4v) is 3.18. The van der Waals surface area contributed by atoms with Gasteiger partial charge < -0.3 is 18.8 Å². The van der Waals surface area contributed by atoms with E-state index in [1.54, 1.807) is 12.1 Å². The van der Waals surface area contributed by atoms with Crippen molar-refractivity contribution >= 4 is 22.8 Å². The van der Waals surface area contributed by atoms with E-state index in [2.05, 4.69) is 28.4 Å². The fraction of sp³-hybridized carbons (Fsp3) is 0.273. The number of benzene rings is 2. The third-order valence-electron chi connectivity index (χ3n) is 4.61. The summed E-state index contributed by atoms with van der Waals surface area (Å²) in [6, 6.07) is 15.5. The minimum absolute atomic E-state index is 0.235. The Bertz CT molecular complexity index is 991. The lowest BCUT2D eigenvalue weighted by atomic mass is 10.1. The first-order chi connectivity index (χ1) is 13.6. The second-order valence-electron chi connectivity index (χ2n) is 6.32. The van der Waals surface area contributed by atoms with Crippen LogP contribution in [0.4, 0.5) is 0 Å². The van der Waals surface area contributed by atoms with Crippen LogP contribution in [0.2, 0.25) is 0 Å². The van der Waals surface area contributed by atoms with Crippen LogP contribution in [0.1, 0.15) is 28.5 Å². The average molecular weight is 381 g/mol. The zero-order chi connectivity index (χ0) is 20.1. The molecule has 1 heterocycles. The van der Waals surface area contributed by atoms with Crippen molar-refractivity contribution in [1.29, 1.82) is 0 Å². The first-order valence-corrected chi connectivity index (χ1v) is 9.05. The standard InChI is InChI=1S/C22H23NO5/c1-4-17-12-18-19(23(17)13-15-8-6-5-7-9-15)10-16(22(25)27-3)11-20(18)28-14-21(24)26-2/h5-12H,4,13-14H2,1-3H3. The highest BCUT2D eigenvalue weighted by Crippen LogP contribution is 2.32. The van der Waals surface area contributed by atoms with Crippen molar-refractivity contribution in [3.63, 3.8) is 0 Å². The maximum absolute atomic E-state index is 12.2. The molecule has 0 saturated carbocycles. The van der Waals surface area contributed by atoms with E-state index in [9.17, 15) is 9.59 Å². The van der Waals surface area contributed by atoms with Gasteiger partial charge in [0.05, 0.1) is 25.3 Å². The lowest BCUT2D eigenvalue weighted by Gasteiger charge is -2.12. The van der Waals surface area contributed by atoms with E-state index in [0.717, 1.165) is 28.6 Å². The van der Waals surface area contributed by atoms with Gasteiger partial charge in [0.2, 0.25) is 0 Å². The van der Waals surface area contributed by atoms with E-state index in [1.807, 2.05) is 24.3 Å². The summed E-state index contributed by atoms with van der Waals surface area (Å²) in [4.78, 5) is 23.7. The normalized spacial score (nSPS) is 10.7. The summed E-state index contributed by atoms with van der Waals surface area (Å²) in [5, 5.41) is 0.837. The molecule has 0 amide bonds. The van der Waals surface area contributed by atoms with Crippen LogP contribution in [-0.4, -0.2) is 37.3 Å². The smallest absolute Gasteiger partial charge is 0.343 e. The predicted molar refractivity (Wildman–Crippen MR) is 106 cm³/mol. The fourth-order valence-electron chi connectivity index (χ4n) is 3.18. The number of hydrogen-bond acceptors (Lipinski definition) is 5. The van der Waals surface area contributed by atoms with Gasteiger partial charge in [-0.3, -0.25) is 0 Å². The molecule has 146 valence electrons. The Morgan fingerprint density at radius 3 is 2.39 bits per heavy atom. The monoisotopic (exact) mass is 381 g/mol. The number of carbonyl (C=O) groups is 2. The van der Waals surface area contributed by atoms with Crippen molar-refractivity contribution < 1.29 is 23.8 Å². The highest BCUT2D eigenvalue weighted by Gasteiger charge is 2.18. The van der Waals surface area contributed by atoms with Crippen LogP contribution in [0.25, 0.3) is 10.9 Å². The molecule has 3 aromatic rings. The summed E-state index contributed by atoms with van der Waals surface area (Å²) < 4.78 is 17.4. The summed E-state index contributed by atoms with van der Waals surface area (Å²) in [6.07, 6.45) is 0.811. The third-order valence-corrected chi connectivity index (χ3v) is 4.61. The molecular formula is C22H23NO5. The summed E-state index contributed by atoms with van der Waals surface area (Å²) in [6.45, 7) is 2.50. The van der Waals surface area contributed by atoms with Gasteiger partial charge in [-0.1, -0.05) is 37.3 Å². The van der Waals surface area contributed by atoms with Crippen LogP contribution in [-0.2, 0) is 27.2 Å². The number of fused-ring (bicyclic) bond motifs is 1. The molecule has 6 heteroatoms. The summed E-state index contributed by atoms with van der Waals surface area (Å²) in [7, 11) is 2.64. The highest BCUT2D eigenvalue weighted by molar-refractivity contribution is 5.98. The van der Waals surface area contributed by atoms with Crippen molar-refractivity contribution in [1.82, 2.24) is 4.57 Å². The Labute approximate surface area is 163 Å². The van der Waals surface area contributed by atoms with Gasteiger partial charge in [0.25, 0.3) is 0 Å². The molecule has 0 aliphatic carbocycles. The molecule has 0 saturated heterocycles. The molecule has 0 unspecified atom stereocenters. The van der Waals surface area contributed by atoms with Crippen molar-refractivity contribution in [3.8, 4) is 5.75 Å². The van der Waals surface area contributed by atoms with E-state index in [1.165, 1.54) is 14.2 Å². The second kappa shape index (κ2) is 8.61. The van der Waals surface area contributed by atoms with Gasteiger partial charge in [-0.2, -0.15) is 0 Å². The zero-order valence-corrected chi connectivity index (χ0v) is 16.2. The zero-order valence-electron chi connectivity index (χ0n) is 16.2. The van der Waals surface area contributed by atoms with Gasteiger partial charge in [-0.05, 0) is 30.2 Å². The first-order valence-electron chi connectivity index (χ1n) is 9.05. The highest BCUT2D eigenvalue weighted by atomic mass is 16.6. The minimum Gasteiger partial charge on any atom is -0.481 e. The van der Waals surface area contributed by atoms with Crippen LogP contribution >= 0.6 is 0 Å². The molecule has 28 heavy (non-hydrogen) atoms. The molecule has 0 atom stereocenters. The van der Waals surface area contributed by atoms with Gasteiger partial charge in [0.15, 0.2) is 6.61 Å². The van der Waals surface area contributed by atoms with Crippen molar-refractivity contribution in [2.75, 3.05) is 20.8 Å². The van der Waals surface area contributed by atoms with Crippen molar-refractivity contribution in [3.05, 3.63) is 65.4 Å². The Kier molecular flexibility index (Phi) is 5.99. The molecule has 0 N–H and O–H groups in total. The number of nitrogens with zero attached hydrogens (tertiary/aromatic N) is 1. The number of rotatable bonds is 7. The molecule has 0 aliphatic rings. The van der Waals surface area contributed by atoms with E-state index in [-0.39, 0.29) is 6.61 Å². The predicted octanol–water partition coefficient (Wildman–Crippen LogP) is 3.59. The number of esters is 2. The van der Waals surface area contributed by atoms with Gasteiger partial charge in [0, 0.05) is 17.6 Å². The molecule has 3 rings (SSSR count). The first kappa shape index (κ1) is 19.5. The van der Waals surface area contributed by atoms with E-state index >= 15 is 0 Å². The Morgan fingerprint density at radius 1 is 1.00 bits per heavy atom. The molecule has 0 bridgehead atoms. The molecule has 0 aliphatic heterocycles. The van der Waals surface area contributed by atoms with Crippen LogP contribution in [0.5, 0.6) is 5.75 Å². The number of carbonyl (C=O) groups excluding carboxylic acids is 2. The molecule has 0 spiro atoms. The topological polar surface area (TPSA) is 66.8 Å². The molecule has 1 aromatic heterocycles. The minimum atomic E-state index is -0.490. The summed E-state index contributed by atoms with van der Waals surface area (Å²) in [5.41, 5.74) is 3.47. The Morgan fingerprint density at radius 2 is 1.75 bits per heavy atom. The van der Waals surface area contributed by atoms with E-state index < -0.39 is 11.9 Å². The number of aromatic nitrogens is 1. The lowest BCUT2D eigenvalue weighted by molar-refractivity contribution is -0.142. The quantitative estimate of drug-likeness (QED) is 0.585. The number of ether oxygens (including phenoxy) is 3. The van der Waals surface area contributed by atoms with E-state index in [4.69, 9.17) is 9.47 Å². The van der Waals surface area contributed by atoms with Gasteiger partial charge in [0.1, 0.15) is 5.75 Å². The molecular weight excluding hydrogens is 358 g/mol.